The molecule has 4 aliphatic rings. The summed E-state index contributed by atoms with van der Waals surface area (Å²) in [6, 6.07) is 19.1. The molecule has 0 saturated heterocycles. The third kappa shape index (κ3) is 11.3. The number of hydrogen-bond donors (Lipinski definition) is 2. The van der Waals surface area contributed by atoms with Gasteiger partial charge in [-0.25, -0.2) is 0 Å². The van der Waals surface area contributed by atoms with E-state index in [9.17, 15) is 14.4 Å². The lowest BCUT2D eigenvalue weighted by molar-refractivity contribution is -0.121. The summed E-state index contributed by atoms with van der Waals surface area (Å²) in [7, 11) is 0. The highest BCUT2D eigenvalue weighted by atomic mass is 16.5. The third-order valence-electron chi connectivity index (χ3n) is 12.4. The standard InChI is InChI=1S/C46H66N2O4/c1-2-3-10-17-44(50)47-27-12-7-4-6-11-16-36-19-21-39(22-20-36)46(41-32-37-31-38(34-41)35-42(46)33-37)40-23-25-43(26-24-40)52-30-14-9-5-8-13-28-48-45(51)18-15-29-49/h15,18-26,29,37-38,41-42H,2-14,16-17,27-28,30-35H2,1H3,(H,47,50)(H,48,51)/b18-15-. The van der Waals surface area contributed by atoms with Gasteiger partial charge in [-0.1, -0.05) is 94.7 Å². The maximum Gasteiger partial charge on any atom is 0.244 e. The Balaban J connectivity index is 1.07. The molecule has 0 aliphatic heterocycles. The average Bonchev–Trinajstić information content (AvgIpc) is 3.15. The lowest BCUT2D eigenvalue weighted by atomic mass is 9.42. The maximum absolute atomic E-state index is 11.9. The second-order valence-corrected chi connectivity index (χ2v) is 16.1. The Morgan fingerprint density at radius 3 is 1.90 bits per heavy atom. The molecule has 4 aliphatic carbocycles. The summed E-state index contributed by atoms with van der Waals surface area (Å²) in [5.41, 5.74) is 4.60. The molecule has 6 nitrogen and oxygen atoms in total. The van der Waals surface area contributed by atoms with Crippen molar-refractivity contribution in [2.24, 2.45) is 23.7 Å². The van der Waals surface area contributed by atoms with E-state index in [-0.39, 0.29) is 17.2 Å². The van der Waals surface area contributed by atoms with Crippen LogP contribution in [0.15, 0.2) is 60.7 Å². The van der Waals surface area contributed by atoms with Gasteiger partial charge in [0.25, 0.3) is 0 Å². The number of ether oxygens (including phenoxy) is 1. The predicted octanol–water partition coefficient (Wildman–Crippen LogP) is 9.82. The molecule has 4 bridgehead atoms. The lowest BCUT2D eigenvalue weighted by Crippen LogP contribution is -2.56. The van der Waals surface area contributed by atoms with E-state index in [2.05, 4.69) is 66.1 Å². The van der Waals surface area contributed by atoms with Crippen LogP contribution in [-0.2, 0) is 26.2 Å². The van der Waals surface area contributed by atoms with Crippen molar-refractivity contribution in [1.29, 1.82) is 0 Å². The molecule has 2 N–H and O–H groups in total. The first-order valence-electron chi connectivity index (χ1n) is 21.0. The van der Waals surface area contributed by atoms with Crippen LogP contribution in [0, 0.1) is 23.7 Å². The van der Waals surface area contributed by atoms with Crippen molar-refractivity contribution in [2.75, 3.05) is 19.7 Å². The first-order valence-corrected chi connectivity index (χ1v) is 21.0. The molecule has 2 aromatic rings. The Labute approximate surface area is 314 Å². The Kier molecular flexibility index (Phi) is 16.3. The van der Waals surface area contributed by atoms with Gasteiger partial charge in [0.1, 0.15) is 12.0 Å². The van der Waals surface area contributed by atoms with Crippen LogP contribution in [0.4, 0.5) is 0 Å². The summed E-state index contributed by atoms with van der Waals surface area (Å²) < 4.78 is 6.21. The fourth-order valence-corrected chi connectivity index (χ4v) is 9.99. The first-order chi connectivity index (χ1) is 25.5. The van der Waals surface area contributed by atoms with E-state index in [1.54, 1.807) is 0 Å². The van der Waals surface area contributed by atoms with E-state index in [0.717, 1.165) is 107 Å². The molecule has 52 heavy (non-hydrogen) atoms. The molecule has 0 heterocycles. The van der Waals surface area contributed by atoms with Gasteiger partial charge in [-0.3, -0.25) is 14.4 Å². The van der Waals surface area contributed by atoms with Crippen molar-refractivity contribution < 1.29 is 19.1 Å². The zero-order valence-corrected chi connectivity index (χ0v) is 32.1. The summed E-state index contributed by atoms with van der Waals surface area (Å²) in [4.78, 5) is 33.7. The molecule has 0 aromatic heterocycles. The maximum atomic E-state index is 11.9. The van der Waals surface area contributed by atoms with Gasteiger partial charge in [-0.2, -0.15) is 0 Å². The monoisotopic (exact) mass is 711 g/mol. The molecule has 0 unspecified atom stereocenters. The predicted molar refractivity (Wildman–Crippen MR) is 211 cm³/mol. The van der Waals surface area contributed by atoms with Crippen molar-refractivity contribution in [2.45, 2.75) is 141 Å². The summed E-state index contributed by atoms with van der Waals surface area (Å²) in [5, 5.41) is 5.90. The third-order valence-corrected chi connectivity index (χ3v) is 12.4. The Morgan fingerprint density at radius 1 is 0.692 bits per heavy atom. The number of nitrogens with one attached hydrogen (secondary N) is 2. The number of allylic oxidation sites excluding steroid dienone is 1. The van der Waals surface area contributed by atoms with Crippen molar-refractivity contribution >= 4 is 18.1 Å². The molecule has 4 saturated carbocycles. The highest BCUT2D eigenvalue weighted by Crippen LogP contribution is 2.65. The fourth-order valence-electron chi connectivity index (χ4n) is 9.99. The van der Waals surface area contributed by atoms with Crippen LogP contribution in [0.5, 0.6) is 5.75 Å². The number of aldehydes is 1. The van der Waals surface area contributed by atoms with Crippen LogP contribution in [0.3, 0.4) is 0 Å². The minimum atomic E-state index is -0.208. The Hall–Kier alpha value is -3.41. The topological polar surface area (TPSA) is 84.5 Å². The molecule has 6 rings (SSSR count). The highest BCUT2D eigenvalue weighted by molar-refractivity contribution is 5.90. The van der Waals surface area contributed by atoms with E-state index in [4.69, 9.17) is 4.74 Å². The van der Waals surface area contributed by atoms with E-state index < -0.39 is 0 Å². The van der Waals surface area contributed by atoms with Crippen molar-refractivity contribution in [3.63, 3.8) is 0 Å². The largest absolute Gasteiger partial charge is 0.494 e. The van der Waals surface area contributed by atoms with Gasteiger partial charge in [0, 0.05) is 31.0 Å². The average molecular weight is 711 g/mol. The minimum absolute atomic E-state index is 0.111. The molecule has 0 atom stereocenters. The van der Waals surface area contributed by atoms with Crippen LogP contribution < -0.4 is 15.4 Å². The number of carbonyl (C=O) groups is 3. The van der Waals surface area contributed by atoms with Crippen molar-refractivity contribution in [3.05, 3.63) is 77.4 Å². The van der Waals surface area contributed by atoms with E-state index in [0.29, 0.717) is 19.3 Å². The number of amides is 2. The molecule has 0 radical (unpaired) electrons. The number of unbranched alkanes of at least 4 members (excludes halogenated alkanes) is 10. The second-order valence-electron chi connectivity index (χ2n) is 16.1. The van der Waals surface area contributed by atoms with Gasteiger partial charge in [0.2, 0.25) is 11.8 Å². The van der Waals surface area contributed by atoms with Gasteiger partial charge >= 0.3 is 0 Å². The summed E-state index contributed by atoms with van der Waals surface area (Å²) in [6.07, 6.45) is 26.5. The van der Waals surface area contributed by atoms with Gasteiger partial charge < -0.3 is 15.4 Å². The first kappa shape index (κ1) is 39.8. The summed E-state index contributed by atoms with van der Waals surface area (Å²) in [5.74, 6) is 4.27. The normalized spacial score (nSPS) is 23.2. The number of rotatable bonds is 25. The molecule has 6 heteroatoms. The molecule has 2 aromatic carbocycles. The zero-order chi connectivity index (χ0) is 36.4. The Morgan fingerprint density at radius 2 is 1.27 bits per heavy atom. The summed E-state index contributed by atoms with van der Waals surface area (Å²) in [6.45, 7) is 4.37. The molecule has 0 spiro atoms. The molecular weight excluding hydrogens is 645 g/mol. The van der Waals surface area contributed by atoms with Gasteiger partial charge in [0.05, 0.1) is 6.61 Å². The lowest BCUT2D eigenvalue weighted by Gasteiger charge is -2.62. The number of hydrogen-bond acceptors (Lipinski definition) is 4. The van der Waals surface area contributed by atoms with Crippen LogP contribution in [-0.4, -0.2) is 37.8 Å². The van der Waals surface area contributed by atoms with Crippen LogP contribution >= 0.6 is 0 Å². The molecule has 2 amide bonds. The fraction of sp³-hybridized carbons (Fsp3) is 0.630. The minimum Gasteiger partial charge on any atom is -0.494 e. The van der Waals surface area contributed by atoms with Crippen molar-refractivity contribution in [1.82, 2.24) is 10.6 Å². The van der Waals surface area contributed by atoms with Gasteiger partial charge in [-0.05, 0) is 129 Å². The van der Waals surface area contributed by atoms with Crippen LogP contribution in [0.2, 0.25) is 0 Å². The Bertz CT molecular complexity index is 1370. The number of benzene rings is 2. The van der Waals surface area contributed by atoms with Crippen LogP contribution in [0.1, 0.15) is 146 Å². The van der Waals surface area contributed by atoms with Gasteiger partial charge in [-0.15, -0.1) is 0 Å². The van der Waals surface area contributed by atoms with E-state index in [1.165, 1.54) is 86.6 Å². The van der Waals surface area contributed by atoms with Gasteiger partial charge in [0.15, 0.2) is 0 Å². The van der Waals surface area contributed by atoms with Crippen molar-refractivity contribution in [3.8, 4) is 5.75 Å². The zero-order valence-electron chi connectivity index (χ0n) is 32.1. The molecule has 4 fully saturated rings. The highest BCUT2D eigenvalue weighted by Gasteiger charge is 2.58. The summed E-state index contributed by atoms with van der Waals surface area (Å²) >= 11 is 0. The quantitative estimate of drug-likeness (QED) is 0.0611. The van der Waals surface area contributed by atoms with E-state index in [1.807, 2.05) is 0 Å². The SMILES string of the molecule is CCCCCC(=O)NCCCCCCCc1ccc(C2(c3ccc(OCCCCCCCNC(=O)/C=C\C=O)cc3)C3CC4CC(C3)CC2C4)cc1. The van der Waals surface area contributed by atoms with Crippen LogP contribution in [0.25, 0.3) is 0 Å². The molecule has 284 valence electrons. The number of carbonyl (C=O) groups excluding carboxylic acids is 3. The smallest absolute Gasteiger partial charge is 0.244 e. The molecular formula is C46H66N2O4. The van der Waals surface area contributed by atoms with E-state index >= 15 is 0 Å². The second kappa shape index (κ2) is 21.3. The number of aryl methyl sites for hydroxylation is 1.